The van der Waals surface area contributed by atoms with Crippen molar-refractivity contribution in [2.24, 2.45) is 0 Å². The van der Waals surface area contributed by atoms with Gasteiger partial charge in [-0.15, -0.1) is 0 Å². The maximum Gasteiger partial charge on any atom is 0.265 e. The molecule has 0 fully saturated rings. The van der Waals surface area contributed by atoms with Crippen LogP contribution in [0, 0.1) is 0 Å². The molecule has 0 saturated heterocycles. The van der Waals surface area contributed by atoms with Gasteiger partial charge in [0.05, 0.1) is 18.4 Å². The Morgan fingerprint density at radius 3 is 2.77 bits per heavy atom. The van der Waals surface area contributed by atoms with Crippen molar-refractivity contribution in [3.63, 3.8) is 0 Å². The predicted octanol–water partition coefficient (Wildman–Crippen LogP) is 3.75. The quantitative estimate of drug-likeness (QED) is 0.648. The zero-order valence-electron chi connectivity index (χ0n) is 16.0. The van der Waals surface area contributed by atoms with Crippen LogP contribution < -0.4 is 14.4 Å². The number of aromatic nitrogens is 1. The van der Waals surface area contributed by atoms with Gasteiger partial charge in [-0.05, 0) is 54.4 Å². The number of ether oxygens (including phenoxy) is 1. The highest BCUT2D eigenvalue weighted by atomic mass is 35.5. The molecule has 0 spiro atoms. The Labute approximate surface area is 179 Å². The first-order chi connectivity index (χ1) is 14.4. The van der Waals surface area contributed by atoms with E-state index in [2.05, 4.69) is 9.71 Å². The molecular formula is C21H18ClN3O4S. The molecule has 1 aliphatic heterocycles. The second-order valence-corrected chi connectivity index (χ2v) is 8.78. The maximum absolute atomic E-state index is 12.9. The van der Waals surface area contributed by atoms with Crippen LogP contribution in [0.3, 0.4) is 0 Å². The molecule has 9 heteroatoms. The summed E-state index contributed by atoms with van der Waals surface area (Å²) in [5.74, 6) is -0.000176. The molecule has 7 nitrogen and oxygen atoms in total. The first kappa shape index (κ1) is 20.2. The molecule has 3 aromatic rings. The van der Waals surface area contributed by atoms with Gasteiger partial charge in [-0.2, -0.15) is 0 Å². The standard InChI is InChI=1S/C21H18ClN3O4S/c1-29-19-7-5-16(22)11-20(19)30(27,28)24-17-6-4-14-8-10-25(18(14)12-17)21(26)15-3-2-9-23-13-15/h2-7,9,11-13,24H,8,10H2,1H3. The van der Waals surface area contributed by atoms with Crippen LogP contribution in [-0.4, -0.2) is 33.0 Å². The van der Waals surface area contributed by atoms with Crippen molar-refractivity contribution in [1.29, 1.82) is 0 Å². The molecule has 0 unspecified atom stereocenters. The summed E-state index contributed by atoms with van der Waals surface area (Å²) in [7, 11) is -2.57. The van der Waals surface area contributed by atoms with Crippen molar-refractivity contribution in [3.8, 4) is 5.75 Å². The predicted molar refractivity (Wildman–Crippen MR) is 115 cm³/mol. The van der Waals surface area contributed by atoms with Crippen LogP contribution in [0.25, 0.3) is 0 Å². The van der Waals surface area contributed by atoms with Gasteiger partial charge in [0, 0.05) is 29.6 Å². The Balaban J connectivity index is 1.65. The van der Waals surface area contributed by atoms with Crippen LogP contribution in [0.1, 0.15) is 15.9 Å². The Hall–Kier alpha value is -3.10. The van der Waals surface area contributed by atoms with E-state index in [0.29, 0.717) is 29.9 Å². The van der Waals surface area contributed by atoms with E-state index in [-0.39, 0.29) is 21.6 Å². The third kappa shape index (κ3) is 3.83. The molecule has 1 aromatic heterocycles. The maximum atomic E-state index is 12.9. The monoisotopic (exact) mass is 443 g/mol. The van der Waals surface area contributed by atoms with Gasteiger partial charge in [0.25, 0.3) is 15.9 Å². The number of benzene rings is 2. The first-order valence-corrected chi connectivity index (χ1v) is 11.0. The summed E-state index contributed by atoms with van der Waals surface area (Å²) in [5, 5.41) is 0.276. The van der Waals surface area contributed by atoms with Crippen LogP contribution in [-0.2, 0) is 16.4 Å². The normalized spacial score (nSPS) is 13.1. The lowest BCUT2D eigenvalue weighted by Crippen LogP contribution is -2.29. The molecular weight excluding hydrogens is 426 g/mol. The lowest BCUT2D eigenvalue weighted by atomic mass is 10.1. The number of hydrogen-bond donors (Lipinski definition) is 1. The smallest absolute Gasteiger partial charge is 0.265 e. The SMILES string of the molecule is COc1ccc(Cl)cc1S(=O)(=O)Nc1ccc2c(c1)N(C(=O)c1cccnc1)CC2. The Morgan fingerprint density at radius 2 is 2.03 bits per heavy atom. The highest BCUT2D eigenvalue weighted by molar-refractivity contribution is 7.92. The van der Waals surface area contributed by atoms with Crippen molar-refractivity contribution < 1.29 is 17.9 Å². The number of pyridine rings is 1. The van der Waals surface area contributed by atoms with Gasteiger partial charge in [0.15, 0.2) is 0 Å². The molecule has 4 rings (SSSR count). The second kappa shape index (κ2) is 7.97. The fourth-order valence-corrected chi connectivity index (χ4v) is 4.85. The number of sulfonamides is 1. The molecule has 0 atom stereocenters. The summed E-state index contributed by atoms with van der Waals surface area (Å²) < 4.78 is 33.6. The van der Waals surface area contributed by atoms with Gasteiger partial charge < -0.3 is 9.64 Å². The fourth-order valence-electron chi connectivity index (χ4n) is 3.37. The molecule has 0 bridgehead atoms. The lowest BCUT2D eigenvalue weighted by molar-refractivity contribution is 0.0989. The van der Waals surface area contributed by atoms with Crippen LogP contribution in [0.5, 0.6) is 5.75 Å². The van der Waals surface area contributed by atoms with Crippen LogP contribution in [0.2, 0.25) is 5.02 Å². The number of carbonyl (C=O) groups excluding carboxylic acids is 1. The van der Waals surface area contributed by atoms with Crippen LogP contribution >= 0.6 is 11.6 Å². The summed E-state index contributed by atoms with van der Waals surface area (Å²) >= 11 is 5.97. The largest absolute Gasteiger partial charge is 0.495 e. The summed E-state index contributed by atoms with van der Waals surface area (Å²) in [5.41, 5.74) is 2.44. The average molecular weight is 444 g/mol. The number of hydrogen-bond acceptors (Lipinski definition) is 5. The number of halogens is 1. The van der Waals surface area contributed by atoms with Crippen molar-refractivity contribution in [2.45, 2.75) is 11.3 Å². The molecule has 1 aliphatic rings. The zero-order chi connectivity index (χ0) is 21.3. The summed E-state index contributed by atoms with van der Waals surface area (Å²) in [6, 6.07) is 12.9. The molecule has 1 N–H and O–H groups in total. The van der Waals surface area contributed by atoms with E-state index in [0.717, 1.165) is 5.56 Å². The highest BCUT2D eigenvalue weighted by Crippen LogP contribution is 2.34. The van der Waals surface area contributed by atoms with Gasteiger partial charge in [-0.3, -0.25) is 14.5 Å². The number of carbonyl (C=O) groups is 1. The van der Waals surface area contributed by atoms with Crippen LogP contribution in [0.4, 0.5) is 11.4 Å². The number of nitrogens with one attached hydrogen (secondary N) is 1. The molecule has 154 valence electrons. The number of fused-ring (bicyclic) bond motifs is 1. The zero-order valence-corrected chi connectivity index (χ0v) is 17.6. The van der Waals surface area contributed by atoms with Crippen molar-refractivity contribution >= 4 is 38.9 Å². The summed E-state index contributed by atoms with van der Waals surface area (Å²) in [6.07, 6.45) is 3.81. The number of anilines is 2. The molecule has 0 saturated carbocycles. The minimum absolute atomic E-state index is 0.0682. The molecule has 2 heterocycles. The van der Waals surface area contributed by atoms with E-state index in [4.69, 9.17) is 16.3 Å². The molecule has 0 radical (unpaired) electrons. The minimum atomic E-state index is -3.96. The molecule has 1 amide bonds. The Morgan fingerprint density at radius 1 is 1.20 bits per heavy atom. The third-order valence-corrected chi connectivity index (χ3v) is 6.44. The van der Waals surface area contributed by atoms with E-state index >= 15 is 0 Å². The van der Waals surface area contributed by atoms with E-state index in [1.54, 1.807) is 41.4 Å². The van der Waals surface area contributed by atoms with Gasteiger partial charge in [-0.1, -0.05) is 17.7 Å². The Kier molecular flexibility index (Phi) is 5.36. The first-order valence-electron chi connectivity index (χ1n) is 9.10. The number of methoxy groups -OCH3 is 1. The number of rotatable bonds is 5. The summed E-state index contributed by atoms with van der Waals surface area (Å²) in [6.45, 7) is 0.515. The minimum Gasteiger partial charge on any atom is -0.495 e. The molecule has 30 heavy (non-hydrogen) atoms. The topological polar surface area (TPSA) is 88.6 Å². The van der Waals surface area contributed by atoms with E-state index in [1.165, 1.54) is 25.4 Å². The van der Waals surface area contributed by atoms with Gasteiger partial charge in [-0.25, -0.2) is 8.42 Å². The van der Waals surface area contributed by atoms with E-state index < -0.39 is 10.0 Å². The van der Waals surface area contributed by atoms with E-state index in [9.17, 15) is 13.2 Å². The summed E-state index contributed by atoms with van der Waals surface area (Å²) in [4.78, 5) is 18.4. The molecule has 2 aromatic carbocycles. The van der Waals surface area contributed by atoms with Crippen molar-refractivity contribution in [3.05, 3.63) is 77.1 Å². The van der Waals surface area contributed by atoms with Crippen molar-refractivity contribution in [1.82, 2.24) is 4.98 Å². The van der Waals surface area contributed by atoms with Gasteiger partial charge in [0.2, 0.25) is 0 Å². The average Bonchev–Trinajstić information content (AvgIpc) is 3.16. The second-order valence-electron chi connectivity index (χ2n) is 6.69. The van der Waals surface area contributed by atoms with Gasteiger partial charge in [0.1, 0.15) is 10.6 Å². The van der Waals surface area contributed by atoms with E-state index in [1.807, 2.05) is 6.07 Å². The lowest BCUT2D eigenvalue weighted by Gasteiger charge is -2.18. The van der Waals surface area contributed by atoms with Gasteiger partial charge >= 0.3 is 0 Å². The number of amides is 1. The Bertz CT molecular complexity index is 1220. The third-order valence-electron chi connectivity index (χ3n) is 4.80. The highest BCUT2D eigenvalue weighted by Gasteiger charge is 2.27. The van der Waals surface area contributed by atoms with Crippen molar-refractivity contribution in [2.75, 3.05) is 23.3 Å². The van der Waals surface area contributed by atoms with Crippen LogP contribution in [0.15, 0.2) is 65.8 Å². The number of nitrogens with zero attached hydrogens (tertiary/aromatic N) is 2. The fraction of sp³-hybridized carbons (Fsp3) is 0.143. The molecule has 0 aliphatic carbocycles.